The fourth-order valence-corrected chi connectivity index (χ4v) is 3.49. The number of benzene rings is 2. The maximum atomic E-state index is 9.42. The minimum Gasteiger partial charge on any atom is -0.243 e. The Balaban J connectivity index is 2.13. The number of nitrogens with zero attached hydrogens (tertiary/aromatic N) is 5. The molecule has 0 unspecified atom stereocenters. The first-order valence-corrected chi connectivity index (χ1v) is 8.24. The van der Waals surface area contributed by atoms with Crippen LogP contribution in [0.5, 0.6) is 0 Å². The maximum absolute atomic E-state index is 9.42. The first-order valence-electron chi connectivity index (χ1n) is 7.44. The highest BCUT2D eigenvalue weighted by molar-refractivity contribution is 9.10. The van der Waals surface area contributed by atoms with E-state index < -0.39 is 0 Å². The summed E-state index contributed by atoms with van der Waals surface area (Å²) in [6.45, 7) is 6.29. The molecule has 0 saturated heterocycles. The van der Waals surface area contributed by atoms with Gasteiger partial charge in [0.15, 0.2) is 5.52 Å². The van der Waals surface area contributed by atoms with Crippen molar-refractivity contribution in [3.8, 4) is 17.2 Å². The Kier molecular flexibility index (Phi) is 3.37. The van der Waals surface area contributed by atoms with E-state index in [1.165, 1.54) is 0 Å². The third kappa shape index (κ3) is 2.39. The van der Waals surface area contributed by atoms with Crippen molar-refractivity contribution in [2.45, 2.75) is 26.2 Å². The van der Waals surface area contributed by atoms with Crippen molar-refractivity contribution in [3.63, 3.8) is 0 Å². The average Bonchev–Trinajstić information content (AvgIpc) is 3.21. The molecule has 0 aliphatic heterocycles. The van der Waals surface area contributed by atoms with Crippen molar-refractivity contribution in [1.29, 1.82) is 5.26 Å². The van der Waals surface area contributed by atoms with Gasteiger partial charge in [0.25, 0.3) is 0 Å². The van der Waals surface area contributed by atoms with Gasteiger partial charge in [-0.2, -0.15) is 5.26 Å². The molecule has 0 atom stereocenters. The molecule has 8 heteroatoms. The Hall–Kier alpha value is -2.79. The highest BCUT2D eigenvalue weighted by atomic mass is 79.9. The summed E-state index contributed by atoms with van der Waals surface area (Å²) in [5, 5.41) is 25.0. The fourth-order valence-electron chi connectivity index (χ4n) is 2.79. The quantitative estimate of drug-likeness (QED) is 0.475. The second-order valence-electron chi connectivity index (χ2n) is 6.66. The standard InChI is InChI=1S/C17H11BrN5O2/c1-17(2,3)10-6-12-16(23-25-21-12)14(18)13(10)8-4-9(7-19)15-11(5-8)20-24-22-15/h5-6H,1-3H3. The Morgan fingerprint density at radius 3 is 2.32 bits per heavy atom. The van der Waals surface area contributed by atoms with Gasteiger partial charge in [-0.3, -0.25) is 0 Å². The van der Waals surface area contributed by atoms with Crippen LogP contribution in [0.25, 0.3) is 33.2 Å². The number of nitriles is 1. The molecule has 1 radical (unpaired) electrons. The number of rotatable bonds is 1. The average molecular weight is 397 g/mol. The monoisotopic (exact) mass is 396 g/mol. The zero-order chi connectivity index (χ0) is 17.8. The summed E-state index contributed by atoms with van der Waals surface area (Å²) in [5.74, 6) is 0. The van der Waals surface area contributed by atoms with E-state index in [2.05, 4.69) is 69.5 Å². The van der Waals surface area contributed by atoms with Crippen LogP contribution in [0.4, 0.5) is 0 Å². The zero-order valence-corrected chi connectivity index (χ0v) is 15.2. The van der Waals surface area contributed by atoms with Gasteiger partial charge in [0.2, 0.25) is 0 Å². The second kappa shape index (κ2) is 5.36. The second-order valence-corrected chi connectivity index (χ2v) is 7.46. The van der Waals surface area contributed by atoms with Crippen molar-refractivity contribution < 1.29 is 9.26 Å². The predicted molar refractivity (Wildman–Crippen MR) is 92.6 cm³/mol. The minimum atomic E-state index is -0.192. The molecule has 7 nitrogen and oxygen atoms in total. The molecule has 0 amide bonds. The number of fused-ring (bicyclic) bond motifs is 2. The first kappa shape index (κ1) is 15.7. The fraction of sp³-hybridized carbons (Fsp3) is 0.235. The zero-order valence-electron chi connectivity index (χ0n) is 13.6. The van der Waals surface area contributed by atoms with Crippen LogP contribution in [0.15, 0.2) is 25.9 Å². The summed E-state index contributed by atoms with van der Waals surface area (Å²) in [6.07, 6.45) is 0. The number of aromatic nitrogens is 4. The first-order chi connectivity index (χ1) is 11.9. The van der Waals surface area contributed by atoms with E-state index >= 15 is 0 Å². The third-order valence-corrected chi connectivity index (χ3v) is 4.74. The van der Waals surface area contributed by atoms with Gasteiger partial charge in [0, 0.05) is 11.6 Å². The van der Waals surface area contributed by atoms with Crippen molar-refractivity contribution >= 4 is 38.0 Å². The molecular weight excluding hydrogens is 386 g/mol. The molecular formula is C17H11BrN5O2. The molecule has 0 fully saturated rings. The summed E-state index contributed by atoms with van der Waals surface area (Å²) in [4.78, 5) is 0. The topological polar surface area (TPSA) is 102 Å². The summed E-state index contributed by atoms with van der Waals surface area (Å²) in [6, 6.07) is 8.95. The van der Waals surface area contributed by atoms with Crippen LogP contribution < -0.4 is 0 Å². The lowest BCUT2D eigenvalue weighted by Crippen LogP contribution is -2.13. The van der Waals surface area contributed by atoms with Crippen LogP contribution in [0.2, 0.25) is 0 Å². The Bertz CT molecular complexity index is 1160. The smallest absolute Gasteiger partial charge is 0.153 e. The maximum Gasteiger partial charge on any atom is 0.153 e. The molecule has 4 rings (SSSR count). The number of hydrogen-bond acceptors (Lipinski definition) is 7. The molecule has 2 aromatic carbocycles. The lowest BCUT2D eigenvalue weighted by Gasteiger charge is -2.24. The molecule has 4 aromatic rings. The summed E-state index contributed by atoms with van der Waals surface area (Å²) < 4.78 is 10.4. The number of hydrogen-bond donors (Lipinski definition) is 0. The molecule has 0 N–H and O–H groups in total. The highest BCUT2D eigenvalue weighted by Crippen LogP contribution is 2.42. The van der Waals surface area contributed by atoms with Crippen molar-refractivity contribution in [1.82, 2.24) is 20.6 Å². The Morgan fingerprint density at radius 2 is 1.68 bits per heavy atom. The summed E-state index contributed by atoms with van der Waals surface area (Å²) in [5.41, 5.74) is 4.80. The van der Waals surface area contributed by atoms with E-state index in [1.807, 2.05) is 6.07 Å². The van der Waals surface area contributed by atoms with Gasteiger partial charge in [0.05, 0.1) is 10.0 Å². The molecule has 0 aliphatic rings. The van der Waals surface area contributed by atoms with E-state index in [1.54, 1.807) is 6.07 Å². The van der Waals surface area contributed by atoms with E-state index in [0.717, 1.165) is 15.6 Å². The van der Waals surface area contributed by atoms with Gasteiger partial charge >= 0.3 is 0 Å². The lowest BCUT2D eigenvalue weighted by molar-refractivity contribution is 0.315. The lowest BCUT2D eigenvalue weighted by atomic mass is 9.81. The third-order valence-electron chi connectivity index (χ3n) is 3.97. The van der Waals surface area contributed by atoms with E-state index in [-0.39, 0.29) is 11.0 Å². The van der Waals surface area contributed by atoms with Gasteiger partial charge in [-0.25, -0.2) is 9.26 Å². The largest absolute Gasteiger partial charge is 0.243 e. The molecule has 123 valence electrons. The van der Waals surface area contributed by atoms with Crippen LogP contribution in [-0.2, 0) is 5.41 Å². The summed E-state index contributed by atoms with van der Waals surface area (Å²) >= 11 is 3.62. The molecule has 0 spiro atoms. The predicted octanol–water partition coefficient (Wildman–Crippen LogP) is 4.16. The minimum absolute atomic E-state index is 0.192. The molecule has 2 aromatic heterocycles. The summed E-state index contributed by atoms with van der Waals surface area (Å²) in [7, 11) is 0. The van der Waals surface area contributed by atoms with Crippen molar-refractivity contribution in [3.05, 3.63) is 33.8 Å². The Labute approximate surface area is 150 Å². The van der Waals surface area contributed by atoms with Crippen LogP contribution in [0.3, 0.4) is 0 Å². The molecule has 0 saturated carbocycles. The van der Waals surface area contributed by atoms with Crippen LogP contribution in [0.1, 0.15) is 31.9 Å². The van der Waals surface area contributed by atoms with E-state index in [4.69, 9.17) is 9.26 Å². The van der Waals surface area contributed by atoms with Crippen LogP contribution >= 0.6 is 15.9 Å². The highest BCUT2D eigenvalue weighted by Gasteiger charge is 2.26. The molecule has 2 heterocycles. The van der Waals surface area contributed by atoms with Gasteiger partial charge in [-0.05, 0) is 65.2 Å². The normalized spacial score (nSPS) is 12.0. The van der Waals surface area contributed by atoms with Gasteiger partial charge < -0.3 is 0 Å². The van der Waals surface area contributed by atoms with E-state index in [9.17, 15) is 5.26 Å². The molecule has 0 aliphatic carbocycles. The van der Waals surface area contributed by atoms with E-state index in [0.29, 0.717) is 27.6 Å². The van der Waals surface area contributed by atoms with Gasteiger partial charge in [-0.15, -0.1) is 0 Å². The van der Waals surface area contributed by atoms with Crippen molar-refractivity contribution in [2.75, 3.05) is 0 Å². The van der Waals surface area contributed by atoms with Crippen LogP contribution in [0, 0.1) is 17.4 Å². The molecule has 25 heavy (non-hydrogen) atoms. The number of halogens is 1. The Morgan fingerprint density at radius 1 is 1.04 bits per heavy atom. The van der Waals surface area contributed by atoms with Gasteiger partial charge in [-0.1, -0.05) is 20.8 Å². The van der Waals surface area contributed by atoms with Crippen molar-refractivity contribution in [2.24, 2.45) is 0 Å². The van der Waals surface area contributed by atoms with Gasteiger partial charge in [0.1, 0.15) is 22.6 Å². The van der Waals surface area contributed by atoms with Crippen LogP contribution in [-0.4, -0.2) is 20.6 Å². The molecule has 0 bridgehead atoms. The SMILES string of the molecule is CC(C)(C)c1cc2nonc2c(Br)c1-c1[c]c(C#N)c2nonc2c1.